The number of rotatable bonds is 3. The fourth-order valence-corrected chi connectivity index (χ4v) is 1.86. The lowest BCUT2D eigenvalue weighted by molar-refractivity contribution is -0.139. The van der Waals surface area contributed by atoms with E-state index in [9.17, 15) is 4.79 Å². The third-order valence-corrected chi connectivity index (χ3v) is 2.81. The van der Waals surface area contributed by atoms with Crippen molar-refractivity contribution in [3.05, 3.63) is 0 Å². The fraction of sp³-hybridized carbons (Fsp3) is 0.900. The molecule has 1 aliphatic heterocycles. The van der Waals surface area contributed by atoms with Crippen LogP contribution in [0, 0.1) is 5.92 Å². The Morgan fingerprint density at radius 1 is 1.57 bits per heavy atom. The van der Waals surface area contributed by atoms with Gasteiger partial charge in [-0.2, -0.15) is 0 Å². The summed E-state index contributed by atoms with van der Waals surface area (Å²) in [5, 5.41) is 3.08. The van der Waals surface area contributed by atoms with Gasteiger partial charge in [0.2, 0.25) is 5.91 Å². The second kappa shape index (κ2) is 4.28. The molecule has 0 aromatic heterocycles. The van der Waals surface area contributed by atoms with Gasteiger partial charge in [0.25, 0.3) is 0 Å². The van der Waals surface area contributed by atoms with Crippen LogP contribution in [0.5, 0.6) is 0 Å². The summed E-state index contributed by atoms with van der Waals surface area (Å²) in [4.78, 5) is 13.7. The third kappa shape index (κ3) is 2.25. The summed E-state index contributed by atoms with van der Waals surface area (Å²) in [6.45, 7) is 3.05. The minimum atomic E-state index is 0.177. The molecule has 0 spiro atoms. The van der Waals surface area contributed by atoms with Crippen molar-refractivity contribution < 1.29 is 9.53 Å². The summed E-state index contributed by atoms with van der Waals surface area (Å²) >= 11 is 0. The normalized spacial score (nSPS) is 27.8. The van der Waals surface area contributed by atoms with Gasteiger partial charge in [-0.15, -0.1) is 0 Å². The molecule has 2 rings (SSSR count). The van der Waals surface area contributed by atoms with Gasteiger partial charge in [0.05, 0.1) is 12.7 Å². The maximum Gasteiger partial charge on any atom is 0.225 e. The molecule has 1 aliphatic carbocycles. The van der Waals surface area contributed by atoms with E-state index < -0.39 is 0 Å². The molecule has 0 aromatic carbocycles. The van der Waals surface area contributed by atoms with Gasteiger partial charge < -0.3 is 15.0 Å². The van der Waals surface area contributed by atoms with Gasteiger partial charge in [0.1, 0.15) is 0 Å². The Labute approximate surface area is 84.6 Å². The van der Waals surface area contributed by atoms with E-state index in [1.54, 1.807) is 0 Å². The molecule has 4 nitrogen and oxygen atoms in total. The van der Waals surface area contributed by atoms with Crippen molar-refractivity contribution >= 4 is 5.91 Å². The molecule has 2 fully saturated rings. The summed E-state index contributed by atoms with van der Waals surface area (Å²) in [5.41, 5.74) is 0. The highest BCUT2D eigenvalue weighted by Gasteiger charge is 2.35. The molecule has 14 heavy (non-hydrogen) atoms. The zero-order chi connectivity index (χ0) is 9.97. The Hall–Kier alpha value is -0.610. The summed E-state index contributed by atoms with van der Waals surface area (Å²) in [5.74, 6) is 0.678. The van der Waals surface area contributed by atoms with E-state index in [4.69, 9.17) is 4.74 Å². The van der Waals surface area contributed by atoms with Crippen LogP contribution in [0.2, 0.25) is 0 Å². The van der Waals surface area contributed by atoms with Crippen LogP contribution in [-0.4, -0.2) is 50.2 Å². The number of ether oxygens (including phenoxy) is 1. The molecule has 80 valence electrons. The van der Waals surface area contributed by atoms with Gasteiger partial charge in [0, 0.05) is 25.6 Å². The molecule has 1 heterocycles. The molecular formula is C10H18N2O2. The number of amides is 1. The minimum Gasteiger partial charge on any atom is -0.373 e. The third-order valence-electron chi connectivity index (χ3n) is 2.81. The zero-order valence-electron chi connectivity index (χ0n) is 8.66. The Kier molecular flexibility index (Phi) is 3.03. The van der Waals surface area contributed by atoms with Crippen molar-refractivity contribution in [1.29, 1.82) is 0 Å². The number of carbonyl (C=O) groups is 1. The first-order valence-corrected chi connectivity index (χ1v) is 5.36. The van der Waals surface area contributed by atoms with E-state index in [1.165, 1.54) is 0 Å². The second-order valence-corrected chi connectivity index (χ2v) is 4.11. The molecule has 1 amide bonds. The summed E-state index contributed by atoms with van der Waals surface area (Å²) in [6, 6.07) is 0. The minimum absolute atomic E-state index is 0.177. The first-order valence-electron chi connectivity index (χ1n) is 5.36. The molecule has 1 N–H and O–H groups in total. The molecule has 0 radical (unpaired) electrons. The molecule has 1 saturated heterocycles. The summed E-state index contributed by atoms with van der Waals surface area (Å²) in [6.07, 6.45) is 2.36. The number of hydrogen-bond donors (Lipinski definition) is 1. The van der Waals surface area contributed by atoms with E-state index in [-0.39, 0.29) is 6.10 Å². The summed E-state index contributed by atoms with van der Waals surface area (Å²) < 4.78 is 5.54. The lowest BCUT2D eigenvalue weighted by Crippen LogP contribution is -2.49. The van der Waals surface area contributed by atoms with Crippen LogP contribution in [0.1, 0.15) is 12.8 Å². The van der Waals surface area contributed by atoms with Gasteiger partial charge in [-0.25, -0.2) is 0 Å². The number of carbonyl (C=O) groups excluding carboxylic acids is 1. The Bertz CT molecular complexity index is 214. The SMILES string of the molecule is CNC[C@H]1CN(C(=O)C2CC2)CCO1. The largest absolute Gasteiger partial charge is 0.373 e. The Morgan fingerprint density at radius 2 is 2.36 bits per heavy atom. The predicted molar refractivity (Wildman–Crippen MR) is 53.0 cm³/mol. The topological polar surface area (TPSA) is 41.6 Å². The van der Waals surface area contributed by atoms with Crippen LogP contribution in [0.4, 0.5) is 0 Å². The van der Waals surface area contributed by atoms with Crippen LogP contribution in [0.25, 0.3) is 0 Å². The maximum absolute atomic E-state index is 11.8. The van der Waals surface area contributed by atoms with Gasteiger partial charge in [-0.05, 0) is 19.9 Å². The zero-order valence-corrected chi connectivity index (χ0v) is 8.66. The van der Waals surface area contributed by atoms with Gasteiger partial charge >= 0.3 is 0 Å². The highest BCUT2D eigenvalue weighted by Crippen LogP contribution is 2.31. The average molecular weight is 198 g/mol. The van der Waals surface area contributed by atoms with Crippen LogP contribution < -0.4 is 5.32 Å². The second-order valence-electron chi connectivity index (χ2n) is 4.11. The smallest absolute Gasteiger partial charge is 0.225 e. The number of hydrogen-bond acceptors (Lipinski definition) is 3. The van der Waals surface area contributed by atoms with Crippen LogP contribution in [-0.2, 0) is 9.53 Å². The van der Waals surface area contributed by atoms with E-state index in [0.29, 0.717) is 18.4 Å². The predicted octanol–water partition coefficient (Wildman–Crippen LogP) is -0.157. The quantitative estimate of drug-likeness (QED) is 0.685. The highest BCUT2D eigenvalue weighted by atomic mass is 16.5. The molecule has 2 aliphatic rings. The molecule has 0 unspecified atom stereocenters. The molecule has 0 aromatic rings. The number of nitrogens with one attached hydrogen (secondary N) is 1. The summed E-state index contributed by atoms with van der Waals surface area (Å²) in [7, 11) is 1.91. The molecule has 1 saturated carbocycles. The maximum atomic E-state index is 11.8. The monoisotopic (exact) mass is 198 g/mol. The Morgan fingerprint density at radius 3 is 3.00 bits per heavy atom. The van der Waals surface area contributed by atoms with Crippen LogP contribution in [0.15, 0.2) is 0 Å². The van der Waals surface area contributed by atoms with E-state index in [0.717, 1.165) is 32.5 Å². The first kappa shape index (κ1) is 9.93. The van der Waals surface area contributed by atoms with Crippen molar-refractivity contribution in [1.82, 2.24) is 10.2 Å². The fourth-order valence-electron chi connectivity index (χ4n) is 1.86. The number of nitrogens with zero attached hydrogens (tertiary/aromatic N) is 1. The van der Waals surface area contributed by atoms with E-state index >= 15 is 0 Å². The standard InChI is InChI=1S/C10H18N2O2/c1-11-6-9-7-12(4-5-14-9)10(13)8-2-3-8/h8-9,11H,2-7H2,1H3/t9-/m0/s1. The molecular weight excluding hydrogens is 180 g/mol. The van der Waals surface area contributed by atoms with Crippen molar-refractivity contribution in [2.75, 3.05) is 33.3 Å². The average Bonchev–Trinajstić information content (AvgIpc) is 3.01. The van der Waals surface area contributed by atoms with E-state index in [2.05, 4.69) is 5.32 Å². The lowest BCUT2D eigenvalue weighted by atomic mass is 10.2. The van der Waals surface area contributed by atoms with Crippen LogP contribution in [0.3, 0.4) is 0 Å². The molecule has 4 heteroatoms. The lowest BCUT2D eigenvalue weighted by Gasteiger charge is -2.33. The van der Waals surface area contributed by atoms with E-state index in [1.807, 2.05) is 11.9 Å². The van der Waals surface area contributed by atoms with Gasteiger partial charge in [0.15, 0.2) is 0 Å². The highest BCUT2D eigenvalue weighted by molar-refractivity contribution is 5.81. The molecule has 1 atom stereocenters. The number of morpholine rings is 1. The van der Waals surface area contributed by atoms with Crippen molar-refractivity contribution in [2.24, 2.45) is 5.92 Å². The number of likely N-dealkylation sites (N-methyl/N-ethyl adjacent to an activating group) is 1. The van der Waals surface area contributed by atoms with Gasteiger partial charge in [-0.1, -0.05) is 0 Å². The molecule has 0 bridgehead atoms. The Balaban J connectivity index is 1.83. The van der Waals surface area contributed by atoms with Crippen molar-refractivity contribution in [2.45, 2.75) is 18.9 Å². The first-order chi connectivity index (χ1) is 6.81. The van der Waals surface area contributed by atoms with Crippen LogP contribution >= 0.6 is 0 Å². The van der Waals surface area contributed by atoms with Crippen molar-refractivity contribution in [3.63, 3.8) is 0 Å². The van der Waals surface area contributed by atoms with Crippen molar-refractivity contribution in [3.8, 4) is 0 Å². The van der Waals surface area contributed by atoms with Gasteiger partial charge in [-0.3, -0.25) is 4.79 Å².